The van der Waals surface area contributed by atoms with Crippen molar-refractivity contribution in [1.29, 1.82) is 0 Å². The Labute approximate surface area is 272 Å². The maximum atomic E-state index is 13.4. The van der Waals surface area contributed by atoms with Gasteiger partial charge in [-0.2, -0.15) is 0 Å². The molecule has 1 aromatic carbocycles. The Morgan fingerprint density at radius 3 is 1.98 bits per heavy atom. The summed E-state index contributed by atoms with van der Waals surface area (Å²) in [5, 5.41) is 47.2. The van der Waals surface area contributed by atoms with Crippen molar-refractivity contribution in [2.24, 2.45) is 23.1 Å². The van der Waals surface area contributed by atoms with Crippen molar-refractivity contribution in [3.63, 3.8) is 0 Å². The molecule has 1 fully saturated rings. The quantitative estimate of drug-likeness (QED) is 0.0654. The predicted octanol–water partition coefficient (Wildman–Crippen LogP) is -3.14. The molecular formula is C30H48N6O11. The van der Waals surface area contributed by atoms with Crippen LogP contribution in [0.2, 0.25) is 0 Å². The van der Waals surface area contributed by atoms with Crippen LogP contribution in [0.3, 0.4) is 0 Å². The van der Waals surface area contributed by atoms with E-state index in [0.717, 1.165) is 0 Å². The summed E-state index contributed by atoms with van der Waals surface area (Å²) in [6.07, 6.45) is -6.41. The van der Waals surface area contributed by atoms with Crippen molar-refractivity contribution < 1.29 is 53.9 Å². The molecule has 0 radical (unpaired) electrons. The maximum Gasteiger partial charge on any atom is 0.251 e. The summed E-state index contributed by atoms with van der Waals surface area (Å²) in [6.45, 7) is 3.38. The van der Waals surface area contributed by atoms with Crippen LogP contribution in [-0.4, -0.2) is 112 Å². The maximum absolute atomic E-state index is 13.4. The van der Waals surface area contributed by atoms with E-state index in [-0.39, 0.29) is 42.9 Å². The molecule has 1 aliphatic heterocycles. The molecule has 5 amide bonds. The second kappa shape index (κ2) is 19.1. The molecule has 0 spiro atoms. The molecule has 8 atom stereocenters. The van der Waals surface area contributed by atoms with Crippen molar-refractivity contribution >= 4 is 29.5 Å². The van der Waals surface area contributed by atoms with Crippen LogP contribution in [-0.2, 0) is 23.9 Å². The van der Waals surface area contributed by atoms with E-state index in [9.17, 15) is 44.4 Å². The summed E-state index contributed by atoms with van der Waals surface area (Å²) in [4.78, 5) is 63.1. The van der Waals surface area contributed by atoms with Crippen LogP contribution >= 0.6 is 0 Å². The van der Waals surface area contributed by atoms with Crippen molar-refractivity contribution in [1.82, 2.24) is 16.0 Å². The molecule has 17 heteroatoms. The van der Waals surface area contributed by atoms with Gasteiger partial charge >= 0.3 is 0 Å². The zero-order chi connectivity index (χ0) is 35.3. The monoisotopic (exact) mass is 668 g/mol. The standard InChI is InChI=1S/C30H48N6O11/c1-15(2)13-20(26(33)42)36-29(45)19(10-11-22(32)38)35-28(44)18(5-3-4-12-31)34-27(43)16-6-8-17(9-7-16)46-30-25(41)24(40)23(39)21(14-37)47-30/h6-9,15,18-21,23-25,30,37,39-41H,3-5,10-14,31H2,1-2H3,(H2,32,38)(H2,33,42)(H,34,43)(H,35,44)(H,36,45)/t18-,19-,20-,21+,23-,24-,25+,30+/m0/s1. The average molecular weight is 669 g/mol. The van der Waals surface area contributed by atoms with Crippen LogP contribution in [0.15, 0.2) is 24.3 Å². The van der Waals surface area contributed by atoms with Gasteiger partial charge in [0.2, 0.25) is 29.9 Å². The second-order valence-corrected chi connectivity index (χ2v) is 11.8. The smallest absolute Gasteiger partial charge is 0.251 e. The third kappa shape index (κ3) is 12.3. The van der Waals surface area contributed by atoms with E-state index in [1.165, 1.54) is 24.3 Å². The molecule has 0 aliphatic carbocycles. The van der Waals surface area contributed by atoms with Crippen LogP contribution in [0.5, 0.6) is 5.75 Å². The Kier molecular flexibility index (Phi) is 16.0. The highest BCUT2D eigenvalue weighted by atomic mass is 16.7. The Morgan fingerprint density at radius 1 is 0.851 bits per heavy atom. The molecule has 1 aromatic rings. The minimum atomic E-state index is -1.63. The minimum absolute atomic E-state index is 0.0157. The van der Waals surface area contributed by atoms with Crippen LogP contribution in [0.1, 0.15) is 62.7 Å². The number of amides is 5. The summed E-state index contributed by atoms with van der Waals surface area (Å²) >= 11 is 0. The van der Waals surface area contributed by atoms with Crippen molar-refractivity contribution in [2.45, 2.75) is 101 Å². The molecule has 0 unspecified atom stereocenters. The van der Waals surface area contributed by atoms with Crippen molar-refractivity contribution in [3.05, 3.63) is 29.8 Å². The van der Waals surface area contributed by atoms with Crippen LogP contribution < -0.4 is 37.9 Å². The highest BCUT2D eigenvalue weighted by Crippen LogP contribution is 2.24. The third-order valence-corrected chi connectivity index (χ3v) is 7.47. The van der Waals surface area contributed by atoms with Crippen molar-refractivity contribution in [3.8, 4) is 5.75 Å². The Balaban J connectivity index is 2.16. The lowest BCUT2D eigenvalue weighted by atomic mass is 9.99. The topological polar surface area (TPSA) is 299 Å². The summed E-state index contributed by atoms with van der Waals surface area (Å²) in [7, 11) is 0. The number of carbonyl (C=O) groups excluding carboxylic acids is 5. The zero-order valence-electron chi connectivity index (χ0n) is 26.5. The molecule has 1 heterocycles. The number of primary amides is 2. The van der Waals surface area contributed by atoms with Gasteiger partial charge in [0.15, 0.2) is 0 Å². The van der Waals surface area contributed by atoms with Crippen LogP contribution in [0.25, 0.3) is 0 Å². The molecule has 2 rings (SSSR count). The largest absolute Gasteiger partial charge is 0.462 e. The molecule has 264 valence electrons. The molecule has 1 saturated heterocycles. The molecule has 0 bridgehead atoms. The molecule has 0 aromatic heterocycles. The molecule has 13 N–H and O–H groups in total. The normalized spacial score (nSPS) is 22.9. The highest BCUT2D eigenvalue weighted by molar-refractivity contribution is 5.98. The number of unbranched alkanes of at least 4 members (excludes halogenated alkanes) is 1. The Hall–Kier alpha value is -3.87. The lowest BCUT2D eigenvalue weighted by Gasteiger charge is -2.39. The fourth-order valence-electron chi connectivity index (χ4n) is 4.80. The van der Waals surface area contributed by atoms with Crippen LogP contribution in [0.4, 0.5) is 0 Å². The number of benzene rings is 1. The summed E-state index contributed by atoms with van der Waals surface area (Å²) in [5.41, 5.74) is 16.4. The molecule has 1 aliphatic rings. The van der Waals surface area contributed by atoms with Gasteiger partial charge in [0.25, 0.3) is 5.91 Å². The lowest BCUT2D eigenvalue weighted by molar-refractivity contribution is -0.277. The van der Waals surface area contributed by atoms with E-state index in [4.69, 9.17) is 26.7 Å². The van der Waals surface area contributed by atoms with Gasteiger partial charge < -0.3 is 63.1 Å². The molecule has 47 heavy (non-hydrogen) atoms. The number of carbonyl (C=O) groups is 5. The second-order valence-electron chi connectivity index (χ2n) is 11.8. The fraction of sp³-hybridized carbons (Fsp3) is 0.633. The average Bonchev–Trinajstić information content (AvgIpc) is 3.02. The number of aliphatic hydroxyl groups is 4. The van der Waals surface area contributed by atoms with Gasteiger partial charge in [0.05, 0.1) is 6.61 Å². The Bertz CT molecular complexity index is 1200. The lowest BCUT2D eigenvalue weighted by Crippen LogP contribution is -2.60. The first-order valence-electron chi connectivity index (χ1n) is 15.4. The van der Waals surface area contributed by atoms with Gasteiger partial charge in [-0.15, -0.1) is 0 Å². The van der Waals surface area contributed by atoms with Crippen LogP contribution in [0, 0.1) is 5.92 Å². The number of hydrogen-bond donors (Lipinski definition) is 10. The fourth-order valence-corrected chi connectivity index (χ4v) is 4.80. The summed E-state index contributed by atoms with van der Waals surface area (Å²) in [6, 6.07) is 2.08. The molecule has 0 saturated carbocycles. The third-order valence-electron chi connectivity index (χ3n) is 7.47. The van der Waals surface area contributed by atoms with E-state index in [2.05, 4.69) is 16.0 Å². The van der Waals surface area contributed by atoms with Gasteiger partial charge in [-0.05, 0) is 68.8 Å². The van der Waals surface area contributed by atoms with Gasteiger partial charge in [-0.25, -0.2) is 0 Å². The molecular weight excluding hydrogens is 620 g/mol. The van der Waals surface area contributed by atoms with Crippen molar-refractivity contribution in [2.75, 3.05) is 13.2 Å². The van der Waals surface area contributed by atoms with E-state index in [1.807, 2.05) is 13.8 Å². The predicted molar refractivity (Wildman–Crippen MR) is 166 cm³/mol. The zero-order valence-corrected chi connectivity index (χ0v) is 26.5. The Morgan fingerprint density at radius 2 is 1.45 bits per heavy atom. The minimum Gasteiger partial charge on any atom is -0.462 e. The number of rotatable bonds is 19. The van der Waals surface area contributed by atoms with E-state index < -0.39 is 85.0 Å². The first-order valence-corrected chi connectivity index (χ1v) is 15.4. The van der Waals surface area contributed by atoms with Gasteiger partial charge in [-0.3, -0.25) is 24.0 Å². The number of nitrogens with two attached hydrogens (primary N) is 3. The van der Waals surface area contributed by atoms with E-state index >= 15 is 0 Å². The first-order chi connectivity index (χ1) is 22.2. The molecule has 17 nitrogen and oxygen atoms in total. The SMILES string of the molecule is CC(C)C[C@H](NC(=O)[C@H](CCC(N)=O)NC(=O)[C@H](CCCCN)NC(=O)c1ccc(O[C@@H]2O[C@H](CO)[C@H](O)[C@H](O)[C@H]2O)cc1)C(N)=O. The number of ether oxygens (including phenoxy) is 2. The number of hydrogen-bond acceptors (Lipinski definition) is 12. The number of nitrogens with one attached hydrogen (secondary N) is 3. The summed E-state index contributed by atoms with van der Waals surface area (Å²) < 4.78 is 10.9. The highest BCUT2D eigenvalue weighted by Gasteiger charge is 2.44. The van der Waals surface area contributed by atoms with Gasteiger partial charge in [0, 0.05) is 12.0 Å². The van der Waals surface area contributed by atoms with E-state index in [1.54, 1.807) is 0 Å². The van der Waals surface area contributed by atoms with Gasteiger partial charge in [0.1, 0.15) is 48.3 Å². The number of aliphatic hydroxyl groups excluding tert-OH is 4. The summed E-state index contributed by atoms with van der Waals surface area (Å²) in [5.74, 6) is -3.45. The van der Waals surface area contributed by atoms with E-state index in [0.29, 0.717) is 19.4 Å². The first kappa shape index (κ1) is 39.3. The van der Waals surface area contributed by atoms with Gasteiger partial charge in [-0.1, -0.05) is 13.8 Å².